The van der Waals surface area contributed by atoms with Gasteiger partial charge in [0.25, 0.3) is 0 Å². The van der Waals surface area contributed by atoms with Gasteiger partial charge in [0, 0.05) is 5.56 Å². The Labute approximate surface area is 126 Å². The van der Waals surface area contributed by atoms with Crippen LogP contribution in [-0.2, 0) is 10.0 Å². The topological polar surface area (TPSA) is 59.3 Å². The number of hydrogen-bond acceptors (Lipinski definition) is 3. The van der Waals surface area contributed by atoms with E-state index in [1.54, 1.807) is 42.9 Å². The van der Waals surface area contributed by atoms with Crippen LogP contribution in [0, 0.1) is 6.92 Å². The average Bonchev–Trinajstić information content (AvgIpc) is 2.98. The van der Waals surface area contributed by atoms with Crippen LogP contribution in [0.2, 0.25) is 0 Å². The zero-order valence-electron chi connectivity index (χ0n) is 12.4. The summed E-state index contributed by atoms with van der Waals surface area (Å²) in [5.74, 6) is 0. The van der Waals surface area contributed by atoms with E-state index in [-0.39, 0.29) is 10.9 Å². The number of aryl methyl sites for hydroxylation is 1. The second-order valence-electron chi connectivity index (χ2n) is 5.19. The largest absolute Gasteiger partial charge is 0.472 e. The second kappa shape index (κ2) is 6.91. The predicted octanol–water partition coefficient (Wildman–Crippen LogP) is 3.80. The molecule has 0 fully saturated rings. The number of nitrogens with one attached hydrogen (secondary N) is 1. The first-order chi connectivity index (χ1) is 10.0. The van der Waals surface area contributed by atoms with Gasteiger partial charge in [-0.15, -0.1) is 0 Å². The van der Waals surface area contributed by atoms with Crippen molar-refractivity contribution < 1.29 is 12.8 Å². The van der Waals surface area contributed by atoms with Gasteiger partial charge in [-0.05, 0) is 31.5 Å². The number of furan rings is 1. The fourth-order valence-corrected chi connectivity index (χ4v) is 3.41. The van der Waals surface area contributed by atoms with Crippen LogP contribution < -0.4 is 4.72 Å². The molecule has 4 nitrogen and oxygen atoms in total. The van der Waals surface area contributed by atoms with Crippen LogP contribution in [0.5, 0.6) is 0 Å². The van der Waals surface area contributed by atoms with E-state index in [2.05, 4.69) is 11.6 Å². The van der Waals surface area contributed by atoms with Crippen molar-refractivity contribution in [2.45, 2.75) is 44.0 Å². The van der Waals surface area contributed by atoms with Crippen molar-refractivity contribution in [3.63, 3.8) is 0 Å². The Hall–Kier alpha value is -1.59. The van der Waals surface area contributed by atoms with Crippen molar-refractivity contribution in [2.24, 2.45) is 0 Å². The molecule has 5 heteroatoms. The smallest absolute Gasteiger partial charge is 0.241 e. The van der Waals surface area contributed by atoms with Crippen LogP contribution in [0.4, 0.5) is 0 Å². The van der Waals surface area contributed by atoms with Gasteiger partial charge in [-0.1, -0.05) is 37.5 Å². The molecule has 1 unspecified atom stereocenters. The van der Waals surface area contributed by atoms with E-state index in [9.17, 15) is 8.42 Å². The second-order valence-corrected chi connectivity index (χ2v) is 6.90. The molecule has 0 bridgehead atoms. The van der Waals surface area contributed by atoms with E-state index in [4.69, 9.17) is 4.42 Å². The van der Waals surface area contributed by atoms with Crippen LogP contribution in [-0.4, -0.2) is 8.42 Å². The van der Waals surface area contributed by atoms with Crippen LogP contribution in [0.25, 0.3) is 0 Å². The molecule has 1 N–H and O–H groups in total. The molecular weight excluding hydrogens is 286 g/mol. The lowest BCUT2D eigenvalue weighted by molar-refractivity contribution is 0.514. The van der Waals surface area contributed by atoms with Crippen molar-refractivity contribution in [3.05, 3.63) is 54.0 Å². The van der Waals surface area contributed by atoms with Crippen LogP contribution in [0.3, 0.4) is 0 Å². The Morgan fingerprint density at radius 3 is 2.48 bits per heavy atom. The first kappa shape index (κ1) is 15.8. The molecule has 2 rings (SSSR count). The molecule has 1 aromatic heterocycles. The lowest BCUT2D eigenvalue weighted by Crippen LogP contribution is -2.28. The van der Waals surface area contributed by atoms with E-state index in [0.29, 0.717) is 0 Å². The lowest BCUT2D eigenvalue weighted by Gasteiger charge is -2.17. The molecular formula is C16H21NO3S. The van der Waals surface area contributed by atoms with Crippen molar-refractivity contribution in [2.75, 3.05) is 0 Å². The Morgan fingerprint density at radius 2 is 1.90 bits per heavy atom. The maximum atomic E-state index is 12.5. The number of hydrogen-bond donors (Lipinski definition) is 1. The van der Waals surface area contributed by atoms with Gasteiger partial charge >= 0.3 is 0 Å². The molecule has 0 saturated carbocycles. The zero-order chi connectivity index (χ0) is 15.3. The third-order valence-electron chi connectivity index (χ3n) is 3.42. The summed E-state index contributed by atoms with van der Waals surface area (Å²) in [5.41, 5.74) is 1.89. The van der Waals surface area contributed by atoms with Gasteiger partial charge in [-0.3, -0.25) is 0 Å². The Bertz CT molecular complexity index is 645. The minimum absolute atomic E-state index is 0.255. The van der Waals surface area contributed by atoms with Gasteiger partial charge in [0.1, 0.15) is 0 Å². The first-order valence-electron chi connectivity index (χ1n) is 7.14. The Balaban J connectivity index is 2.20. The van der Waals surface area contributed by atoms with Gasteiger partial charge < -0.3 is 4.42 Å². The molecule has 1 aromatic carbocycles. The molecule has 0 aliphatic heterocycles. The number of rotatable bonds is 7. The maximum Gasteiger partial charge on any atom is 0.241 e. The molecule has 0 saturated heterocycles. The number of benzene rings is 1. The molecule has 114 valence electrons. The summed E-state index contributed by atoms with van der Waals surface area (Å²) < 4.78 is 32.8. The van der Waals surface area contributed by atoms with Gasteiger partial charge in [0.2, 0.25) is 10.0 Å². The van der Waals surface area contributed by atoms with E-state index >= 15 is 0 Å². The first-order valence-corrected chi connectivity index (χ1v) is 8.62. The standard InChI is InChI=1S/C16H21NO3S/c1-3-4-5-16(14-10-11-20-12-14)17-21(18,19)15-8-6-13(2)7-9-15/h6-12,16-17H,3-5H2,1-2H3. The molecule has 0 aliphatic rings. The highest BCUT2D eigenvalue weighted by Gasteiger charge is 2.21. The van der Waals surface area contributed by atoms with E-state index < -0.39 is 10.0 Å². The molecule has 0 radical (unpaired) electrons. The lowest BCUT2D eigenvalue weighted by atomic mass is 10.1. The zero-order valence-corrected chi connectivity index (χ0v) is 13.2. The Kier molecular flexibility index (Phi) is 5.20. The van der Waals surface area contributed by atoms with Crippen molar-refractivity contribution in [1.29, 1.82) is 0 Å². The van der Waals surface area contributed by atoms with Crippen LogP contribution >= 0.6 is 0 Å². The summed E-state index contributed by atoms with van der Waals surface area (Å²) in [7, 11) is -3.52. The molecule has 0 aliphatic carbocycles. The quantitative estimate of drug-likeness (QED) is 0.846. The SMILES string of the molecule is CCCCC(NS(=O)(=O)c1ccc(C)cc1)c1ccoc1. The highest BCUT2D eigenvalue weighted by Crippen LogP contribution is 2.23. The van der Waals surface area contributed by atoms with E-state index in [1.165, 1.54) is 0 Å². The summed E-state index contributed by atoms with van der Waals surface area (Å²) in [4.78, 5) is 0.290. The van der Waals surface area contributed by atoms with Gasteiger partial charge in [-0.2, -0.15) is 0 Å². The summed E-state index contributed by atoms with van der Waals surface area (Å²) >= 11 is 0. The number of unbranched alkanes of at least 4 members (excludes halogenated alkanes) is 1. The number of sulfonamides is 1. The van der Waals surface area contributed by atoms with Gasteiger partial charge in [0.05, 0.1) is 23.5 Å². The molecule has 21 heavy (non-hydrogen) atoms. The van der Waals surface area contributed by atoms with Crippen molar-refractivity contribution in [3.8, 4) is 0 Å². The predicted molar refractivity (Wildman–Crippen MR) is 82.5 cm³/mol. The summed E-state index contributed by atoms with van der Waals surface area (Å²) in [6, 6.07) is 8.40. The van der Waals surface area contributed by atoms with E-state index in [1.807, 2.05) is 6.92 Å². The van der Waals surface area contributed by atoms with Gasteiger partial charge in [-0.25, -0.2) is 13.1 Å². The summed E-state index contributed by atoms with van der Waals surface area (Å²) in [6.07, 6.45) is 5.88. The van der Waals surface area contributed by atoms with Crippen molar-refractivity contribution >= 4 is 10.0 Å². The highest BCUT2D eigenvalue weighted by molar-refractivity contribution is 7.89. The molecule has 0 amide bonds. The van der Waals surface area contributed by atoms with Gasteiger partial charge in [0.15, 0.2) is 0 Å². The third-order valence-corrected chi connectivity index (χ3v) is 4.91. The molecule has 0 spiro atoms. The van der Waals surface area contributed by atoms with Crippen LogP contribution in [0.15, 0.2) is 52.2 Å². The maximum absolute atomic E-state index is 12.5. The molecule has 1 heterocycles. The monoisotopic (exact) mass is 307 g/mol. The molecule has 1 atom stereocenters. The van der Waals surface area contributed by atoms with Crippen LogP contribution in [0.1, 0.15) is 43.4 Å². The minimum atomic E-state index is -3.52. The van der Waals surface area contributed by atoms with E-state index in [0.717, 1.165) is 30.4 Å². The van der Waals surface area contributed by atoms with Crippen molar-refractivity contribution in [1.82, 2.24) is 4.72 Å². The Morgan fingerprint density at radius 1 is 1.19 bits per heavy atom. The fourth-order valence-electron chi connectivity index (χ4n) is 2.15. The normalized spacial score (nSPS) is 13.2. The minimum Gasteiger partial charge on any atom is -0.472 e. The highest BCUT2D eigenvalue weighted by atomic mass is 32.2. The molecule has 2 aromatic rings. The fraction of sp³-hybridized carbons (Fsp3) is 0.375. The third kappa shape index (κ3) is 4.19. The summed E-state index contributed by atoms with van der Waals surface area (Å²) in [6.45, 7) is 4.01. The summed E-state index contributed by atoms with van der Waals surface area (Å²) in [5, 5.41) is 0. The average molecular weight is 307 g/mol.